The number of pyridine rings is 1. The molecule has 0 radical (unpaired) electrons. The Morgan fingerprint density at radius 2 is 2.05 bits per heavy atom. The van der Waals surface area contributed by atoms with Crippen molar-refractivity contribution in [3.8, 4) is 5.75 Å². The number of hydrogen-bond donors (Lipinski definition) is 1. The van der Waals surface area contributed by atoms with E-state index in [4.69, 9.17) is 4.74 Å². The summed E-state index contributed by atoms with van der Waals surface area (Å²) in [7, 11) is 0. The number of ether oxygens (including phenoxy) is 1. The highest BCUT2D eigenvalue weighted by molar-refractivity contribution is 7.12. The third-order valence-electron chi connectivity index (χ3n) is 3.16. The number of nitrogens with zero attached hydrogens (tertiary/aromatic N) is 1. The zero-order valence-corrected chi connectivity index (χ0v) is 13.9. The fourth-order valence-corrected chi connectivity index (χ4v) is 3.03. The summed E-state index contributed by atoms with van der Waals surface area (Å²) >= 11 is 1.65. The van der Waals surface area contributed by atoms with Crippen LogP contribution in [0.1, 0.15) is 55.5 Å². The van der Waals surface area contributed by atoms with Gasteiger partial charge in [0.15, 0.2) is 0 Å². The fourth-order valence-electron chi connectivity index (χ4n) is 1.95. The molecule has 3 nitrogen and oxygen atoms in total. The van der Waals surface area contributed by atoms with Crippen LogP contribution in [0.4, 0.5) is 0 Å². The molecule has 2 aromatic rings. The quantitative estimate of drug-likeness (QED) is 0.895. The highest BCUT2D eigenvalue weighted by Gasteiger charge is 2.20. The topological polar surface area (TPSA) is 42.4 Å². The van der Waals surface area contributed by atoms with Crippen molar-refractivity contribution < 1.29 is 9.84 Å². The molecule has 1 atom stereocenters. The minimum Gasteiger partial charge on any atom is -0.492 e. The molecular weight excluding hydrogens is 282 g/mol. The Morgan fingerprint density at radius 1 is 1.29 bits per heavy atom. The molecule has 1 N–H and O–H groups in total. The van der Waals surface area contributed by atoms with E-state index in [-0.39, 0.29) is 5.41 Å². The van der Waals surface area contributed by atoms with Crippen LogP contribution in [0.3, 0.4) is 0 Å². The molecule has 0 amide bonds. The summed E-state index contributed by atoms with van der Waals surface area (Å²) < 4.78 is 5.57. The third kappa shape index (κ3) is 4.05. The summed E-state index contributed by atoms with van der Waals surface area (Å²) in [5, 5.41) is 10.5. The molecule has 0 aliphatic heterocycles. The highest BCUT2D eigenvalue weighted by Crippen LogP contribution is 2.34. The number of rotatable bonds is 5. The van der Waals surface area contributed by atoms with Crippen LogP contribution in [0.2, 0.25) is 0 Å². The molecular formula is C17H23NO2S. The van der Waals surface area contributed by atoms with E-state index in [1.54, 1.807) is 23.7 Å². The van der Waals surface area contributed by atoms with Gasteiger partial charge in [0.05, 0.1) is 12.8 Å². The number of aliphatic hydroxyl groups excluding tert-OH is 1. The van der Waals surface area contributed by atoms with Crippen molar-refractivity contribution in [2.45, 2.75) is 45.6 Å². The standard InChI is InChI=1S/C17H23NO2S/c1-5-8-20-13-9-12(10-18-11-13)16(19)14-6-7-15(21-14)17(2,3)4/h6-7,9-11,16,19H,5,8H2,1-4H3. The van der Waals surface area contributed by atoms with E-state index in [2.05, 4.69) is 38.7 Å². The Hall–Kier alpha value is -1.39. The first-order chi connectivity index (χ1) is 9.91. The van der Waals surface area contributed by atoms with Gasteiger partial charge < -0.3 is 9.84 Å². The van der Waals surface area contributed by atoms with Crippen LogP contribution in [-0.2, 0) is 5.41 Å². The van der Waals surface area contributed by atoms with Crippen LogP contribution in [0.15, 0.2) is 30.6 Å². The summed E-state index contributed by atoms with van der Waals surface area (Å²) in [6, 6.07) is 5.95. The van der Waals surface area contributed by atoms with E-state index in [9.17, 15) is 5.11 Å². The van der Waals surface area contributed by atoms with Crippen molar-refractivity contribution in [3.63, 3.8) is 0 Å². The minimum absolute atomic E-state index is 0.104. The van der Waals surface area contributed by atoms with Crippen LogP contribution in [0, 0.1) is 0 Å². The Labute approximate surface area is 130 Å². The molecule has 0 aliphatic carbocycles. The van der Waals surface area contributed by atoms with Crippen molar-refractivity contribution in [1.29, 1.82) is 0 Å². The molecule has 0 saturated heterocycles. The number of aromatic nitrogens is 1. The summed E-state index contributed by atoms with van der Waals surface area (Å²) in [6.45, 7) is 9.25. The van der Waals surface area contributed by atoms with Gasteiger partial charge in [0.25, 0.3) is 0 Å². The van der Waals surface area contributed by atoms with Crippen molar-refractivity contribution in [1.82, 2.24) is 4.98 Å². The molecule has 114 valence electrons. The summed E-state index contributed by atoms with van der Waals surface area (Å²) in [6.07, 6.45) is 3.68. The molecule has 0 aliphatic rings. The van der Waals surface area contributed by atoms with Gasteiger partial charge in [0.1, 0.15) is 11.9 Å². The van der Waals surface area contributed by atoms with Gasteiger partial charge in [0.2, 0.25) is 0 Å². The molecule has 0 aromatic carbocycles. The monoisotopic (exact) mass is 305 g/mol. The third-order valence-corrected chi connectivity index (χ3v) is 4.72. The lowest BCUT2D eigenvalue weighted by molar-refractivity contribution is 0.222. The Bertz CT molecular complexity index is 586. The van der Waals surface area contributed by atoms with Crippen LogP contribution in [-0.4, -0.2) is 16.7 Å². The lowest BCUT2D eigenvalue weighted by Crippen LogP contribution is -2.07. The van der Waals surface area contributed by atoms with Gasteiger partial charge in [-0.1, -0.05) is 27.7 Å². The Kier molecular flexibility index (Phi) is 5.01. The molecule has 2 aromatic heterocycles. The molecule has 1 unspecified atom stereocenters. The molecule has 0 fully saturated rings. The van der Waals surface area contributed by atoms with Crippen molar-refractivity contribution in [3.05, 3.63) is 45.9 Å². The maximum atomic E-state index is 10.5. The molecule has 4 heteroatoms. The van der Waals surface area contributed by atoms with Crippen molar-refractivity contribution >= 4 is 11.3 Å². The van der Waals surface area contributed by atoms with Crippen molar-refractivity contribution in [2.24, 2.45) is 0 Å². The van der Waals surface area contributed by atoms with Gasteiger partial charge in [0, 0.05) is 21.5 Å². The maximum absolute atomic E-state index is 10.5. The van der Waals surface area contributed by atoms with E-state index in [0.717, 1.165) is 16.9 Å². The second-order valence-corrected chi connectivity index (χ2v) is 7.27. The summed E-state index contributed by atoms with van der Waals surface area (Å²) in [4.78, 5) is 6.37. The largest absolute Gasteiger partial charge is 0.492 e. The molecule has 0 spiro atoms. The first kappa shape index (κ1) is 16.0. The van der Waals surface area contributed by atoms with Gasteiger partial charge in [-0.2, -0.15) is 0 Å². The van der Waals surface area contributed by atoms with E-state index in [1.165, 1.54) is 4.88 Å². The van der Waals surface area contributed by atoms with E-state index in [0.29, 0.717) is 12.4 Å². The van der Waals surface area contributed by atoms with Gasteiger partial charge >= 0.3 is 0 Å². The molecule has 0 saturated carbocycles. The molecule has 0 bridgehead atoms. The second-order valence-electron chi connectivity index (χ2n) is 6.16. The number of thiophene rings is 1. The average Bonchev–Trinajstić information content (AvgIpc) is 2.94. The fraction of sp³-hybridized carbons (Fsp3) is 0.471. The molecule has 2 heterocycles. The number of aliphatic hydroxyl groups is 1. The van der Waals surface area contributed by atoms with Crippen LogP contribution in [0.5, 0.6) is 5.75 Å². The second kappa shape index (κ2) is 6.58. The van der Waals surface area contributed by atoms with E-state index < -0.39 is 6.10 Å². The predicted octanol–water partition coefficient (Wildman–Crippen LogP) is 4.31. The van der Waals surface area contributed by atoms with Gasteiger partial charge in [-0.05, 0) is 30.0 Å². The highest BCUT2D eigenvalue weighted by atomic mass is 32.1. The SMILES string of the molecule is CCCOc1cncc(C(O)c2ccc(C(C)(C)C)s2)c1. The first-order valence-electron chi connectivity index (χ1n) is 7.28. The van der Waals surface area contributed by atoms with Gasteiger partial charge in [-0.25, -0.2) is 0 Å². The lowest BCUT2D eigenvalue weighted by Gasteiger charge is -2.16. The zero-order valence-electron chi connectivity index (χ0n) is 13.1. The smallest absolute Gasteiger partial charge is 0.137 e. The van der Waals surface area contributed by atoms with Gasteiger partial charge in [-0.15, -0.1) is 11.3 Å². The number of hydrogen-bond acceptors (Lipinski definition) is 4. The van der Waals surface area contributed by atoms with E-state index in [1.807, 2.05) is 12.1 Å². The maximum Gasteiger partial charge on any atom is 0.137 e. The van der Waals surface area contributed by atoms with Gasteiger partial charge in [-0.3, -0.25) is 4.98 Å². The minimum atomic E-state index is -0.649. The van der Waals surface area contributed by atoms with Crippen molar-refractivity contribution in [2.75, 3.05) is 6.61 Å². The van der Waals surface area contributed by atoms with Crippen LogP contribution >= 0.6 is 11.3 Å². The predicted molar refractivity (Wildman–Crippen MR) is 87.1 cm³/mol. The lowest BCUT2D eigenvalue weighted by atomic mass is 9.95. The summed E-state index contributed by atoms with van der Waals surface area (Å²) in [5.74, 6) is 0.709. The molecule has 2 rings (SSSR count). The Morgan fingerprint density at radius 3 is 2.67 bits per heavy atom. The summed E-state index contributed by atoms with van der Waals surface area (Å²) in [5.41, 5.74) is 0.874. The Balaban J connectivity index is 2.19. The van der Waals surface area contributed by atoms with E-state index >= 15 is 0 Å². The normalized spacial score (nSPS) is 13.2. The van der Waals surface area contributed by atoms with Crippen LogP contribution in [0.25, 0.3) is 0 Å². The average molecular weight is 305 g/mol. The molecule has 21 heavy (non-hydrogen) atoms. The zero-order chi connectivity index (χ0) is 15.5. The first-order valence-corrected chi connectivity index (χ1v) is 8.09. The van der Waals surface area contributed by atoms with Crippen LogP contribution < -0.4 is 4.74 Å².